The minimum Gasteiger partial charge on any atom is -0.464 e. The van der Waals surface area contributed by atoms with E-state index in [1.54, 1.807) is 5.38 Å². The van der Waals surface area contributed by atoms with Gasteiger partial charge in [0.15, 0.2) is 10.8 Å². The minimum absolute atomic E-state index is 0.318. The van der Waals surface area contributed by atoms with Crippen LogP contribution in [0, 0.1) is 0 Å². The van der Waals surface area contributed by atoms with Gasteiger partial charge in [0.25, 0.3) is 0 Å². The number of hydrogen-bond donors (Lipinski definition) is 1. The molecule has 1 aromatic carbocycles. The molecule has 2 aromatic rings. The normalized spacial score (nSPS) is 10.1. The standard InChI is InChI=1S/C13H15N3O2S/c1-16(2)10-6-4-5-9(7-10)14-13-15-11(8-19-13)12(17)18-3/h4-8H,1-3H3,(H,14,15). The fourth-order valence-electron chi connectivity index (χ4n) is 1.51. The molecular formula is C13H15N3O2S. The molecular weight excluding hydrogens is 262 g/mol. The smallest absolute Gasteiger partial charge is 0.357 e. The van der Waals surface area contributed by atoms with E-state index < -0.39 is 5.97 Å². The van der Waals surface area contributed by atoms with E-state index in [1.807, 2.05) is 43.3 Å². The zero-order valence-electron chi connectivity index (χ0n) is 11.0. The van der Waals surface area contributed by atoms with E-state index in [0.717, 1.165) is 11.4 Å². The molecule has 1 heterocycles. The summed E-state index contributed by atoms with van der Waals surface area (Å²) in [5.41, 5.74) is 2.34. The minimum atomic E-state index is -0.425. The van der Waals surface area contributed by atoms with Gasteiger partial charge in [-0.15, -0.1) is 11.3 Å². The summed E-state index contributed by atoms with van der Waals surface area (Å²) in [5.74, 6) is -0.425. The maximum Gasteiger partial charge on any atom is 0.357 e. The Morgan fingerprint density at radius 3 is 2.89 bits per heavy atom. The van der Waals surface area contributed by atoms with Crippen LogP contribution >= 0.6 is 11.3 Å². The van der Waals surface area contributed by atoms with Crippen LogP contribution in [0.15, 0.2) is 29.6 Å². The lowest BCUT2D eigenvalue weighted by atomic mass is 10.2. The van der Waals surface area contributed by atoms with Gasteiger partial charge in [-0.05, 0) is 18.2 Å². The molecule has 0 spiro atoms. The van der Waals surface area contributed by atoms with E-state index in [1.165, 1.54) is 18.4 Å². The number of methoxy groups -OCH3 is 1. The van der Waals surface area contributed by atoms with Crippen molar-refractivity contribution >= 4 is 33.8 Å². The highest BCUT2D eigenvalue weighted by Gasteiger charge is 2.10. The highest BCUT2D eigenvalue weighted by atomic mass is 32.1. The summed E-state index contributed by atoms with van der Waals surface area (Å²) in [4.78, 5) is 17.5. The number of nitrogens with zero attached hydrogens (tertiary/aromatic N) is 2. The molecule has 2 rings (SSSR count). The van der Waals surface area contributed by atoms with Crippen LogP contribution in [0.2, 0.25) is 0 Å². The SMILES string of the molecule is COC(=O)c1csc(Nc2cccc(N(C)C)c2)n1. The number of anilines is 3. The van der Waals surface area contributed by atoms with Crippen molar-refractivity contribution in [3.63, 3.8) is 0 Å². The van der Waals surface area contributed by atoms with Gasteiger partial charge < -0.3 is 15.0 Å². The van der Waals surface area contributed by atoms with Crippen molar-refractivity contribution in [2.75, 3.05) is 31.4 Å². The maximum atomic E-state index is 11.3. The van der Waals surface area contributed by atoms with Crippen LogP contribution in [-0.2, 0) is 4.74 Å². The molecule has 0 saturated heterocycles. The van der Waals surface area contributed by atoms with Gasteiger partial charge in [0.1, 0.15) is 0 Å². The van der Waals surface area contributed by atoms with Crippen LogP contribution < -0.4 is 10.2 Å². The Morgan fingerprint density at radius 2 is 2.21 bits per heavy atom. The summed E-state index contributed by atoms with van der Waals surface area (Å²) in [6, 6.07) is 7.95. The number of benzene rings is 1. The molecule has 0 aliphatic rings. The highest BCUT2D eigenvalue weighted by Crippen LogP contribution is 2.24. The fourth-order valence-corrected chi connectivity index (χ4v) is 2.21. The molecule has 1 aromatic heterocycles. The van der Waals surface area contributed by atoms with Gasteiger partial charge in [-0.1, -0.05) is 6.07 Å². The van der Waals surface area contributed by atoms with Crippen LogP contribution in [0.5, 0.6) is 0 Å². The molecule has 0 saturated carbocycles. The lowest BCUT2D eigenvalue weighted by Gasteiger charge is -2.13. The first-order valence-electron chi connectivity index (χ1n) is 5.68. The third-order valence-electron chi connectivity index (χ3n) is 2.51. The first kappa shape index (κ1) is 13.4. The van der Waals surface area contributed by atoms with E-state index >= 15 is 0 Å². The van der Waals surface area contributed by atoms with Gasteiger partial charge in [-0.25, -0.2) is 9.78 Å². The summed E-state index contributed by atoms with van der Waals surface area (Å²) < 4.78 is 4.62. The predicted octanol–water partition coefficient (Wildman–Crippen LogP) is 2.74. The molecule has 0 aliphatic heterocycles. The number of nitrogens with one attached hydrogen (secondary N) is 1. The third kappa shape index (κ3) is 3.23. The van der Waals surface area contributed by atoms with Crippen molar-refractivity contribution < 1.29 is 9.53 Å². The molecule has 1 N–H and O–H groups in total. The fraction of sp³-hybridized carbons (Fsp3) is 0.231. The number of hydrogen-bond acceptors (Lipinski definition) is 6. The first-order valence-corrected chi connectivity index (χ1v) is 6.56. The summed E-state index contributed by atoms with van der Waals surface area (Å²) >= 11 is 1.37. The van der Waals surface area contributed by atoms with E-state index in [9.17, 15) is 4.79 Å². The number of esters is 1. The molecule has 19 heavy (non-hydrogen) atoms. The zero-order valence-corrected chi connectivity index (χ0v) is 11.8. The quantitative estimate of drug-likeness (QED) is 0.871. The summed E-state index contributed by atoms with van der Waals surface area (Å²) in [7, 11) is 5.31. The topological polar surface area (TPSA) is 54.5 Å². The van der Waals surface area contributed by atoms with Gasteiger partial charge in [0.05, 0.1) is 7.11 Å². The van der Waals surface area contributed by atoms with Crippen molar-refractivity contribution in [3.05, 3.63) is 35.3 Å². The average molecular weight is 277 g/mol. The lowest BCUT2D eigenvalue weighted by molar-refractivity contribution is 0.0595. The number of aromatic nitrogens is 1. The van der Waals surface area contributed by atoms with Crippen molar-refractivity contribution in [1.29, 1.82) is 0 Å². The van der Waals surface area contributed by atoms with E-state index in [2.05, 4.69) is 15.0 Å². The molecule has 0 aliphatic carbocycles. The first-order chi connectivity index (χ1) is 9.10. The highest BCUT2D eigenvalue weighted by molar-refractivity contribution is 7.14. The lowest BCUT2D eigenvalue weighted by Crippen LogP contribution is -2.08. The Hall–Kier alpha value is -2.08. The number of carbonyl (C=O) groups is 1. The monoisotopic (exact) mass is 277 g/mol. The summed E-state index contributed by atoms with van der Waals surface area (Å²) in [6.07, 6.45) is 0. The molecule has 6 heteroatoms. The molecule has 0 unspecified atom stereocenters. The largest absolute Gasteiger partial charge is 0.464 e. The molecule has 5 nitrogen and oxygen atoms in total. The third-order valence-corrected chi connectivity index (χ3v) is 3.27. The predicted molar refractivity (Wildman–Crippen MR) is 77.5 cm³/mol. The van der Waals surface area contributed by atoms with Crippen molar-refractivity contribution in [2.24, 2.45) is 0 Å². The van der Waals surface area contributed by atoms with Crippen LogP contribution in [0.1, 0.15) is 10.5 Å². The van der Waals surface area contributed by atoms with Gasteiger partial charge in [0.2, 0.25) is 0 Å². The van der Waals surface area contributed by atoms with E-state index in [0.29, 0.717) is 10.8 Å². The zero-order chi connectivity index (χ0) is 13.8. The number of ether oxygens (including phenoxy) is 1. The Kier molecular flexibility index (Phi) is 4.01. The van der Waals surface area contributed by atoms with Crippen molar-refractivity contribution in [2.45, 2.75) is 0 Å². The maximum absolute atomic E-state index is 11.3. The van der Waals surface area contributed by atoms with Crippen LogP contribution in [0.4, 0.5) is 16.5 Å². The van der Waals surface area contributed by atoms with Crippen LogP contribution in [0.25, 0.3) is 0 Å². The number of thiazole rings is 1. The Morgan fingerprint density at radius 1 is 1.42 bits per heavy atom. The van der Waals surface area contributed by atoms with E-state index in [4.69, 9.17) is 0 Å². The second-order valence-corrected chi connectivity index (χ2v) is 4.96. The van der Waals surface area contributed by atoms with Crippen molar-refractivity contribution in [3.8, 4) is 0 Å². The van der Waals surface area contributed by atoms with Crippen molar-refractivity contribution in [1.82, 2.24) is 4.98 Å². The number of carbonyl (C=O) groups excluding carboxylic acids is 1. The van der Waals surface area contributed by atoms with Crippen LogP contribution in [-0.4, -0.2) is 32.2 Å². The Bertz CT molecular complexity index is 581. The van der Waals surface area contributed by atoms with Gasteiger partial charge >= 0.3 is 5.97 Å². The molecule has 100 valence electrons. The molecule has 0 fully saturated rings. The second-order valence-electron chi connectivity index (χ2n) is 4.10. The average Bonchev–Trinajstić information content (AvgIpc) is 2.86. The second kappa shape index (κ2) is 5.71. The molecule has 0 atom stereocenters. The van der Waals surface area contributed by atoms with E-state index in [-0.39, 0.29) is 0 Å². The Labute approximate surface area is 115 Å². The molecule has 0 bridgehead atoms. The Balaban J connectivity index is 2.15. The van der Waals surface area contributed by atoms with Gasteiger partial charge in [-0.3, -0.25) is 0 Å². The summed E-state index contributed by atoms with van der Waals surface area (Å²) in [5, 5.41) is 5.51. The molecule has 0 radical (unpaired) electrons. The van der Waals surface area contributed by atoms with Gasteiger partial charge in [0, 0.05) is 30.9 Å². The van der Waals surface area contributed by atoms with Crippen LogP contribution in [0.3, 0.4) is 0 Å². The van der Waals surface area contributed by atoms with Gasteiger partial charge in [-0.2, -0.15) is 0 Å². The summed E-state index contributed by atoms with van der Waals surface area (Å²) in [6.45, 7) is 0. The molecule has 0 amide bonds. The number of rotatable bonds is 4.